The number of hydrogen-bond acceptors (Lipinski definition) is 9. The number of fused-ring (bicyclic) bond motifs is 2. The molecule has 63 heavy (non-hydrogen) atoms. The zero-order valence-corrected chi connectivity index (χ0v) is 39.2. The number of piperidine rings is 2. The maximum absolute atomic E-state index is 11.9. The average Bonchev–Trinajstić information content (AvgIpc) is 3.27. The number of phenolic OH excluding ortho intramolecular Hbond substituents is 1. The number of aromatic hydroxyl groups is 1. The maximum Gasteiger partial charge on any atom is 0.309 e. The van der Waals surface area contributed by atoms with Crippen molar-refractivity contribution in [1.82, 2.24) is 9.80 Å². The molecule has 2 aliphatic heterocycles. The second-order valence-corrected chi connectivity index (χ2v) is 20.2. The molecule has 0 radical (unpaired) electrons. The first-order chi connectivity index (χ1) is 30.2. The monoisotopic (exact) mass is 865 g/mol. The van der Waals surface area contributed by atoms with E-state index in [9.17, 15) is 14.7 Å². The van der Waals surface area contributed by atoms with E-state index in [0.29, 0.717) is 35.9 Å². The lowest BCUT2D eigenvalue weighted by Crippen LogP contribution is -2.36. The first-order valence-electron chi connectivity index (χ1n) is 24.0. The van der Waals surface area contributed by atoms with Gasteiger partial charge in [-0.05, 0) is 197 Å². The number of hydrogen-bond donors (Lipinski definition) is 2. The molecule has 0 amide bonds. The van der Waals surface area contributed by atoms with Crippen LogP contribution in [0, 0.1) is 22.7 Å². The van der Waals surface area contributed by atoms with E-state index in [2.05, 4.69) is 92.1 Å². The second kappa shape index (κ2) is 22.6. The summed E-state index contributed by atoms with van der Waals surface area (Å²) in [6, 6.07) is 25.0. The van der Waals surface area contributed by atoms with Gasteiger partial charge in [0, 0.05) is 13.1 Å². The molecule has 9 heteroatoms. The third-order valence-electron chi connectivity index (χ3n) is 13.9. The van der Waals surface area contributed by atoms with Crippen LogP contribution in [0.25, 0.3) is 21.5 Å². The summed E-state index contributed by atoms with van der Waals surface area (Å²) in [6.45, 7) is 19.5. The molecule has 0 bridgehead atoms. The molecule has 2 saturated heterocycles. The van der Waals surface area contributed by atoms with E-state index >= 15 is 0 Å². The van der Waals surface area contributed by atoms with Crippen molar-refractivity contribution in [2.75, 3.05) is 39.4 Å². The first kappa shape index (κ1) is 48.3. The van der Waals surface area contributed by atoms with Crippen molar-refractivity contribution in [2.45, 2.75) is 144 Å². The Labute approximate surface area is 377 Å². The van der Waals surface area contributed by atoms with Crippen LogP contribution in [0.2, 0.25) is 0 Å². The van der Waals surface area contributed by atoms with E-state index in [-0.39, 0.29) is 29.9 Å². The molecule has 9 nitrogen and oxygen atoms in total. The quantitative estimate of drug-likeness (QED) is 0.151. The lowest BCUT2D eigenvalue weighted by atomic mass is 9.76. The van der Waals surface area contributed by atoms with E-state index in [1.165, 1.54) is 47.6 Å². The number of carbonyl (C=O) groups is 2. The minimum atomic E-state index is -0.0438. The number of ether oxygens (including phenoxy) is 3. The summed E-state index contributed by atoms with van der Waals surface area (Å²) in [4.78, 5) is 28.5. The van der Waals surface area contributed by atoms with Gasteiger partial charge in [-0.2, -0.15) is 0 Å². The highest BCUT2D eigenvalue weighted by Crippen LogP contribution is 2.37. The fraction of sp³-hybridized carbons (Fsp3) is 0.593. The van der Waals surface area contributed by atoms with E-state index in [4.69, 9.17) is 19.3 Å². The van der Waals surface area contributed by atoms with Crippen LogP contribution in [-0.2, 0) is 32.2 Å². The Kier molecular flexibility index (Phi) is 17.3. The van der Waals surface area contributed by atoms with Gasteiger partial charge in [0.1, 0.15) is 11.5 Å². The number of likely N-dealkylation sites (tertiary alicyclic amines) is 2. The predicted molar refractivity (Wildman–Crippen MR) is 254 cm³/mol. The number of carbonyl (C=O) groups excluding carboxylic acids is 2. The van der Waals surface area contributed by atoms with Crippen LogP contribution < -0.4 is 4.74 Å². The molecular weight excluding hydrogens is 789 g/mol. The number of nitrogens with zero attached hydrogens (tertiary/aromatic N) is 2. The van der Waals surface area contributed by atoms with Crippen LogP contribution in [-0.4, -0.2) is 83.6 Å². The molecule has 4 fully saturated rings. The van der Waals surface area contributed by atoms with Gasteiger partial charge < -0.3 is 24.4 Å². The maximum atomic E-state index is 11.9. The van der Waals surface area contributed by atoms with Crippen molar-refractivity contribution in [2.24, 2.45) is 22.7 Å². The van der Waals surface area contributed by atoms with Gasteiger partial charge in [0.05, 0.1) is 37.3 Å². The molecule has 0 unspecified atom stereocenters. The topological polar surface area (TPSA) is 109 Å². The highest BCUT2D eigenvalue weighted by atomic mass is 16.5. The van der Waals surface area contributed by atoms with Crippen LogP contribution in [0.15, 0.2) is 72.8 Å². The summed E-state index contributed by atoms with van der Waals surface area (Å²) in [6.07, 6.45) is 13.1. The van der Waals surface area contributed by atoms with Gasteiger partial charge >= 0.3 is 11.9 Å². The molecule has 344 valence electrons. The average molecular weight is 865 g/mol. The predicted octanol–water partition coefficient (Wildman–Crippen LogP) is 11.2. The molecule has 2 heterocycles. The van der Waals surface area contributed by atoms with Crippen molar-refractivity contribution in [3.63, 3.8) is 0 Å². The molecule has 2 N–H and O–H groups in total. The standard InChI is InChI=1S/C27H37NO3.C19H23NO3.C8H16O/c1-4-30-26(29)21-11-15-28(16-12-21)19-20-5-6-23-18-25(8-7-22(23)17-20)31-24-9-13-27(2,3)14-10-24;1-2-23-19(22)15-7-9-20(10-8-15)13-14-3-4-17-12-18(21)6-5-16(17)11-14;1-8(2)5-3-7(9)4-6-8/h5-8,17-18,21,24H,4,9-16,19H2,1-3H3;3-6,11-12,15,21H,2,7-10,13H2,1H3;7,9H,3-6H2,1-2H3. The second-order valence-electron chi connectivity index (χ2n) is 20.2. The number of aliphatic hydroxyl groups excluding tert-OH is 1. The lowest BCUT2D eigenvalue weighted by molar-refractivity contribution is -0.150. The van der Waals surface area contributed by atoms with E-state index < -0.39 is 0 Å². The van der Waals surface area contributed by atoms with Gasteiger partial charge in [-0.15, -0.1) is 0 Å². The number of phenols is 1. The van der Waals surface area contributed by atoms with Crippen molar-refractivity contribution in [3.8, 4) is 11.5 Å². The third-order valence-corrected chi connectivity index (χ3v) is 13.9. The lowest BCUT2D eigenvalue weighted by Gasteiger charge is -2.34. The summed E-state index contributed by atoms with van der Waals surface area (Å²) < 4.78 is 16.6. The molecule has 0 atom stereocenters. The molecule has 8 rings (SSSR count). The van der Waals surface area contributed by atoms with Gasteiger partial charge in [0.15, 0.2) is 0 Å². The zero-order valence-electron chi connectivity index (χ0n) is 39.2. The number of esters is 2. The summed E-state index contributed by atoms with van der Waals surface area (Å²) in [5.74, 6) is 1.35. The summed E-state index contributed by atoms with van der Waals surface area (Å²) in [7, 11) is 0. The van der Waals surface area contributed by atoms with Gasteiger partial charge in [-0.25, -0.2) is 0 Å². The Morgan fingerprint density at radius 3 is 1.44 bits per heavy atom. The number of rotatable bonds is 10. The van der Waals surface area contributed by atoms with Gasteiger partial charge in [-0.1, -0.05) is 64.1 Å². The number of benzene rings is 4. The normalized spacial score (nSPS) is 20.2. The van der Waals surface area contributed by atoms with Gasteiger partial charge in [-0.3, -0.25) is 19.4 Å². The third kappa shape index (κ3) is 14.9. The van der Waals surface area contributed by atoms with Crippen molar-refractivity contribution in [3.05, 3.63) is 83.9 Å². The largest absolute Gasteiger partial charge is 0.508 e. The molecule has 0 aromatic heterocycles. The molecule has 0 spiro atoms. The van der Waals surface area contributed by atoms with Gasteiger partial charge in [0.2, 0.25) is 0 Å². The van der Waals surface area contributed by atoms with Crippen LogP contribution in [0.1, 0.15) is 130 Å². The minimum absolute atomic E-state index is 0.00183. The van der Waals surface area contributed by atoms with E-state index in [1.54, 1.807) is 12.1 Å². The van der Waals surface area contributed by atoms with Gasteiger partial charge in [0.25, 0.3) is 0 Å². The van der Waals surface area contributed by atoms with Crippen molar-refractivity contribution >= 4 is 33.5 Å². The summed E-state index contributed by atoms with van der Waals surface area (Å²) in [5.41, 5.74) is 3.55. The Bertz CT molecular complexity index is 2060. The molecular formula is C54H76N2O7. The Hall–Kier alpha value is -4.18. The number of aliphatic hydroxyl groups is 1. The van der Waals surface area contributed by atoms with Crippen molar-refractivity contribution in [1.29, 1.82) is 0 Å². The Balaban J connectivity index is 0.000000180. The van der Waals surface area contributed by atoms with Crippen molar-refractivity contribution < 1.29 is 34.0 Å². The zero-order chi connectivity index (χ0) is 45.0. The van der Waals surface area contributed by atoms with E-state index in [0.717, 1.165) is 107 Å². The Morgan fingerprint density at radius 1 is 0.571 bits per heavy atom. The van der Waals surface area contributed by atoms with Crippen LogP contribution in [0.4, 0.5) is 0 Å². The summed E-state index contributed by atoms with van der Waals surface area (Å²) >= 11 is 0. The Morgan fingerprint density at radius 2 is 0.984 bits per heavy atom. The highest BCUT2D eigenvalue weighted by molar-refractivity contribution is 5.85. The molecule has 2 saturated carbocycles. The highest BCUT2D eigenvalue weighted by Gasteiger charge is 2.29. The van der Waals surface area contributed by atoms with Crippen LogP contribution in [0.5, 0.6) is 11.5 Å². The molecule has 4 aromatic carbocycles. The smallest absolute Gasteiger partial charge is 0.309 e. The van der Waals surface area contributed by atoms with E-state index in [1.807, 2.05) is 19.9 Å². The summed E-state index contributed by atoms with van der Waals surface area (Å²) in [5, 5.41) is 23.3. The van der Waals surface area contributed by atoms with Crippen LogP contribution in [0.3, 0.4) is 0 Å². The molecule has 2 aliphatic carbocycles. The fourth-order valence-corrected chi connectivity index (χ4v) is 9.58. The fourth-order valence-electron chi connectivity index (χ4n) is 9.58. The van der Waals surface area contributed by atoms with Crippen LogP contribution >= 0.6 is 0 Å². The first-order valence-corrected chi connectivity index (χ1v) is 24.0. The minimum Gasteiger partial charge on any atom is -0.508 e. The SMILES string of the molecule is CC1(C)CCC(O)CC1.CCOC(=O)C1CCN(Cc2ccc3cc(O)ccc3c2)CC1.CCOC(=O)C1CCN(Cc2ccc3cc(OC4CCC(C)(C)CC4)ccc3c2)CC1. The molecule has 4 aliphatic rings. The molecule has 4 aromatic rings.